The summed E-state index contributed by atoms with van der Waals surface area (Å²) in [5.74, 6) is 1.64. The molecule has 1 aromatic carbocycles. The Balaban J connectivity index is 2.26. The average molecular weight is 289 g/mol. The largest absolute Gasteiger partial charge is 0.493 e. The van der Waals surface area contributed by atoms with E-state index in [1.165, 1.54) is 0 Å². The molecule has 0 bridgehead atoms. The number of piperidine rings is 1. The monoisotopic (exact) mass is 289 g/mol. The first-order chi connectivity index (χ1) is 9.99. The molecule has 0 amide bonds. The van der Waals surface area contributed by atoms with Gasteiger partial charge in [0.05, 0.1) is 13.2 Å². The second-order valence-corrected chi connectivity index (χ2v) is 5.66. The number of carbonyl (C=O) groups excluding carboxylic acids is 1. The van der Waals surface area contributed by atoms with Crippen LogP contribution in [-0.2, 0) is 4.79 Å². The van der Waals surface area contributed by atoms with Gasteiger partial charge in [0.25, 0.3) is 0 Å². The minimum Gasteiger partial charge on any atom is -0.493 e. The fourth-order valence-corrected chi connectivity index (χ4v) is 2.36. The summed E-state index contributed by atoms with van der Waals surface area (Å²) in [6, 6.07) is 5.75. The number of ketones is 1. The van der Waals surface area contributed by atoms with Crippen LogP contribution in [0.25, 0.3) is 6.08 Å². The van der Waals surface area contributed by atoms with Gasteiger partial charge in [-0.15, -0.1) is 0 Å². The van der Waals surface area contributed by atoms with E-state index in [9.17, 15) is 4.79 Å². The predicted molar refractivity (Wildman–Crippen MR) is 83.9 cm³/mol. The van der Waals surface area contributed by atoms with E-state index >= 15 is 0 Å². The molecule has 1 saturated heterocycles. The quantitative estimate of drug-likeness (QED) is 0.799. The number of likely N-dealkylation sites (tertiary alicyclic amines) is 1. The van der Waals surface area contributed by atoms with Crippen LogP contribution in [0.2, 0.25) is 0 Å². The SMILES string of the molecule is COc1cc(/C=C2\CN(C)CCC2=O)ccc1OC(C)C. The van der Waals surface area contributed by atoms with Crippen molar-refractivity contribution in [3.8, 4) is 11.5 Å². The predicted octanol–water partition coefficient (Wildman–Crippen LogP) is 2.77. The summed E-state index contributed by atoms with van der Waals surface area (Å²) < 4.78 is 11.1. The number of Topliss-reactive ketones (excluding diaryl/α,β-unsaturated/α-hetero) is 1. The van der Waals surface area contributed by atoms with Crippen LogP contribution in [0.4, 0.5) is 0 Å². The van der Waals surface area contributed by atoms with E-state index in [0.29, 0.717) is 18.7 Å². The maximum Gasteiger partial charge on any atom is 0.161 e. The van der Waals surface area contributed by atoms with Crippen LogP contribution in [-0.4, -0.2) is 44.0 Å². The normalized spacial score (nSPS) is 18.3. The molecule has 4 nitrogen and oxygen atoms in total. The Morgan fingerprint density at radius 3 is 2.71 bits per heavy atom. The van der Waals surface area contributed by atoms with Gasteiger partial charge in [0.15, 0.2) is 17.3 Å². The standard InChI is InChI=1S/C17H23NO3/c1-12(2)21-16-6-5-13(10-17(16)20-4)9-14-11-18(3)8-7-15(14)19/h5-6,9-10,12H,7-8,11H2,1-4H3/b14-9+. The Hall–Kier alpha value is -1.81. The van der Waals surface area contributed by atoms with Crippen LogP contribution in [0.15, 0.2) is 23.8 Å². The summed E-state index contributed by atoms with van der Waals surface area (Å²) in [5.41, 5.74) is 1.81. The zero-order chi connectivity index (χ0) is 15.4. The van der Waals surface area contributed by atoms with Gasteiger partial charge in [-0.2, -0.15) is 0 Å². The van der Waals surface area contributed by atoms with Crippen LogP contribution < -0.4 is 9.47 Å². The Bertz CT molecular complexity index is 549. The van der Waals surface area contributed by atoms with Gasteiger partial charge in [-0.3, -0.25) is 4.79 Å². The van der Waals surface area contributed by atoms with E-state index in [1.807, 2.05) is 45.2 Å². The Morgan fingerprint density at radius 2 is 2.05 bits per heavy atom. The molecule has 4 heteroatoms. The van der Waals surface area contributed by atoms with Crippen LogP contribution in [0, 0.1) is 0 Å². The Labute approximate surface area is 126 Å². The molecule has 114 valence electrons. The molecule has 1 aromatic rings. The highest BCUT2D eigenvalue weighted by atomic mass is 16.5. The lowest BCUT2D eigenvalue weighted by molar-refractivity contribution is -0.117. The fourth-order valence-electron chi connectivity index (χ4n) is 2.36. The van der Waals surface area contributed by atoms with Crippen LogP contribution >= 0.6 is 0 Å². The number of ether oxygens (including phenoxy) is 2. The van der Waals surface area contributed by atoms with Crippen molar-refractivity contribution in [2.75, 3.05) is 27.2 Å². The number of rotatable bonds is 4. The second kappa shape index (κ2) is 6.76. The van der Waals surface area contributed by atoms with Gasteiger partial charge in [-0.05, 0) is 44.7 Å². The Morgan fingerprint density at radius 1 is 1.29 bits per heavy atom. The number of likely N-dealkylation sites (N-methyl/N-ethyl adjacent to an activating group) is 1. The van der Waals surface area contributed by atoms with E-state index in [0.717, 1.165) is 23.4 Å². The molecule has 0 atom stereocenters. The lowest BCUT2D eigenvalue weighted by Gasteiger charge is -2.23. The van der Waals surface area contributed by atoms with Crippen LogP contribution in [0.5, 0.6) is 11.5 Å². The molecule has 1 heterocycles. The van der Waals surface area contributed by atoms with Crippen molar-refractivity contribution in [1.82, 2.24) is 4.90 Å². The molecule has 2 rings (SSSR count). The van der Waals surface area contributed by atoms with E-state index < -0.39 is 0 Å². The lowest BCUT2D eigenvalue weighted by Crippen LogP contribution is -2.32. The molecule has 0 aliphatic carbocycles. The summed E-state index contributed by atoms with van der Waals surface area (Å²) in [6.07, 6.45) is 2.63. The number of hydrogen-bond donors (Lipinski definition) is 0. The zero-order valence-electron chi connectivity index (χ0n) is 13.2. The maximum absolute atomic E-state index is 12.0. The summed E-state index contributed by atoms with van der Waals surface area (Å²) in [5, 5.41) is 0. The van der Waals surface area contributed by atoms with Crippen molar-refractivity contribution in [2.24, 2.45) is 0 Å². The molecule has 0 spiro atoms. The van der Waals surface area contributed by atoms with Crippen molar-refractivity contribution >= 4 is 11.9 Å². The van der Waals surface area contributed by atoms with Crippen molar-refractivity contribution in [2.45, 2.75) is 26.4 Å². The van der Waals surface area contributed by atoms with Gasteiger partial charge in [-0.1, -0.05) is 6.07 Å². The second-order valence-electron chi connectivity index (χ2n) is 5.66. The van der Waals surface area contributed by atoms with E-state index in [4.69, 9.17) is 9.47 Å². The highest BCUT2D eigenvalue weighted by molar-refractivity contribution is 6.00. The lowest BCUT2D eigenvalue weighted by atomic mass is 10.0. The van der Waals surface area contributed by atoms with Gasteiger partial charge in [0, 0.05) is 25.1 Å². The third-order valence-electron chi connectivity index (χ3n) is 3.41. The minimum atomic E-state index is 0.0941. The first-order valence-electron chi connectivity index (χ1n) is 7.26. The van der Waals surface area contributed by atoms with Crippen LogP contribution in [0.1, 0.15) is 25.8 Å². The molecule has 21 heavy (non-hydrogen) atoms. The fraction of sp³-hybridized carbons (Fsp3) is 0.471. The van der Waals surface area contributed by atoms with Crippen molar-refractivity contribution in [1.29, 1.82) is 0 Å². The summed E-state index contributed by atoms with van der Waals surface area (Å²) in [6.45, 7) is 5.49. The molecule has 1 aliphatic heterocycles. The number of nitrogens with zero attached hydrogens (tertiary/aromatic N) is 1. The number of hydrogen-bond acceptors (Lipinski definition) is 4. The van der Waals surface area contributed by atoms with Crippen molar-refractivity contribution in [3.63, 3.8) is 0 Å². The first-order valence-corrected chi connectivity index (χ1v) is 7.26. The maximum atomic E-state index is 12.0. The first kappa shape index (κ1) is 15.6. The minimum absolute atomic E-state index is 0.0941. The van der Waals surface area contributed by atoms with E-state index in [-0.39, 0.29) is 11.9 Å². The molecule has 0 N–H and O–H groups in total. The third-order valence-corrected chi connectivity index (χ3v) is 3.41. The molecule has 1 fully saturated rings. The summed E-state index contributed by atoms with van der Waals surface area (Å²) >= 11 is 0. The highest BCUT2D eigenvalue weighted by Crippen LogP contribution is 2.30. The van der Waals surface area contributed by atoms with Gasteiger partial charge >= 0.3 is 0 Å². The van der Waals surface area contributed by atoms with Gasteiger partial charge in [0.2, 0.25) is 0 Å². The zero-order valence-corrected chi connectivity index (χ0v) is 13.2. The summed E-state index contributed by atoms with van der Waals surface area (Å²) in [4.78, 5) is 14.1. The summed E-state index contributed by atoms with van der Waals surface area (Å²) in [7, 11) is 3.65. The molecule has 0 unspecified atom stereocenters. The molecule has 0 radical (unpaired) electrons. The molecular formula is C17H23NO3. The Kier molecular flexibility index (Phi) is 5.02. The number of benzene rings is 1. The molecule has 0 aromatic heterocycles. The topological polar surface area (TPSA) is 38.8 Å². The average Bonchev–Trinajstić information content (AvgIpc) is 2.44. The third kappa shape index (κ3) is 4.08. The molecule has 1 aliphatic rings. The number of methoxy groups -OCH3 is 1. The van der Waals surface area contributed by atoms with Crippen LogP contribution in [0.3, 0.4) is 0 Å². The van der Waals surface area contributed by atoms with E-state index in [1.54, 1.807) is 7.11 Å². The van der Waals surface area contributed by atoms with E-state index in [2.05, 4.69) is 4.90 Å². The molecule has 0 saturated carbocycles. The van der Waals surface area contributed by atoms with Gasteiger partial charge < -0.3 is 14.4 Å². The molecular weight excluding hydrogens is 266 g/mol. The van der Waals surface area contributed by atoms with Gasteiger partial charge in [0.1, 0.15) is 0 Å². The highest BCUT2D eigenvalue weighted by Gasteiger charge is 2.18. The smallest absolute Gasteiger partial charge is 0.161 e. The van der Waals surface area contributed by atoms with Gasteiger partial charge in [-0.25, -0.2) is 0 Å². The number of carbonyl (C=O) groups is 1. The van der Waals surface area contributed by atoms with Crippen molar-refractivity contribution in [3.05, 3.63) is 29.3 Å². The van der Waals surface area contributed by atoms with Crippen molar-refractivity contribution < 1.29 is 14.3 Å².